The topological polar surface area (TPSA) is 99.9 Å². The number of hydrogen-bond acceptors (Lipinski definition) is 6. The monoisotopic (exact) mass is 369 g/mol. The zero-order valence-corrected chi connectivity index (χ0v) is 14.8. The highest BCUT2D eigenvalue weighted by atomic mass is 32.2. The standard InChI is InChI=1S/C16H23N3O5S/c20-15(3-5-17-13-4-11-25(22,23)12-13)18-6-8-19(9-7-18)16(21)14-2-1-10-24-14/h1-2,10,13,17H,3-9,11-12H2. The molecule has 0 bridgehead atoms. The Kier molecular flexibility index (Phi) is 5.43. The van der Waals surface area contributed by atoms with Crippen LogP contribution in [0.4, 0.5) is 0 Å². The summed E-state index contributed by atoms with van der Waals surface area (Å²) in [5.74, 6) is 0.578. The van der Waals surface area contributed by atoms with Crippen molar-refractivity contribution in [2.24, 2.45) is 0 Å². The maximum Gasteiger partial charge on any atom is 0.289 e. The molecule has 25 heavy (non-hydrogen) atoms. The van der Waals surface area contributed by atoms with Crippen LogP contribution in [0.15, 0.2) is 22.8 Å². The molecule has 0 radical (unpaired) electrons. The maximum atomic E-state index is 12.3. The Balaban J connectivity index is 1.38. The van der Waals surface area contributed by atoms with Crippen molar-refractivity contribution in [3.63, 3.8) is 0 Å². The molecule has 2 amide bonds. The van der Waals surface area contributed by atoms with E-state index < -0.39 is 9.84 Å². The number of sulfone groups is 1. The Morgan fingerprint density at radius 2 is 1.92 bits per heavy atom. The quantitative estimate of drug-likeness (QED) is 0.767. The fraction of sp³-hybridized carbons (Fsp3) is 0.625. The molecule has 8 nitrogen and oxygen atoms in total. The Morgan fingerprint density at radius 3 is 2.52 bits per heavy atom. The summed E-state index contributed by atoms with van der Waals surface area (Å²) in [7, 11) is -2.90. The van der Waals surface area contributed by atoms with Crippen molar-refractivity contribution in [3.05, 3.63) is 24.2 Å². The number of nitrogens with zero attached hydrogens (tertiary/aromatic N) is 2. The third-order valence-corrected chi connectivity index (χ3v) is 6.42. The highest BCUT2D eigenvalue weighted by molar-refractivity contribution is 7.91. The van der Waals surface area contributed by atoms with Crippen LogP contribution in [0.25, 0.3) is 0 Å². The van der Waals surface area contributed by atoms with E-state index in [0.717, 1.165) is 0 Å². The minimum absolute atomic E-state index is 0.0263. The first kappa shape index (κ1) is 17.9. The summed E-state index contributed by atoms with van der Waals surface area (Å²) >= 11 is 0. The van der Waals surface area contributed by atoms with Gasteiger partial charge in [-0.2, -0.15) is 0 Å². The van der Waals surface area contributed by atoms with Crippen LogP contribution in [0.2, 0.25) is 0 Å². The summed E-state index contributed by atoms with van der Waals surface area (Å²) in [6.07, 6.45) is 2.42. The molecular weight excluding hydrogens is 346 g/mol. The van der Waals surface area contributed by atoms with E-state index in [1.165, 1.54) is 6.26 Å². The van der Waals surface area contributed by atoms with E-state index in [0.29, 0.717) is 51.3 Å². The van der Waals surface area contributed by atoms with Crippen molar-refractivity contribution in [1.29, 1.82) is 0 Å². The summed E-state index contributed by atoms with van der Waals surface area (Å²) in [5.41, 5.74) is 0. The second kappa shape index (κ2) is 7.57. The van der Waals surface area contributed by atoms with Gasteiger partial charge < -0.3 is 19.5 Å². The van der Waals surface area contributed by atoms with Crippen LogP contribution >= 0.6 is 0 Å². The maximum absolute atomic E-state index is 12.3. The molecule has 2 aliphatic rings. The van der Waals surface area contributed by atoms with E-state index in [1.807, 2.05) is 0 Å². The van der Waals surface area contributed by atoms with Gasteiger partial charge in [-0.3, -0.25) is 9.59 Å². The smallest absolute Gasteiger partial charge is 0.289 e. The van der Waals surface area contributed by atoms with Crippen molar-refractivity contribution in [2.45, 2.75) is 18.9 Å². The lowest BCUT2D eigenvalue weighted by Crippen LogP contribution is -2.51. The van der Waals surface area contributed by atoms with E-state index in [-0.39, 0.29) is 29.4 Å². The fourth-order valence-electron chi connectivity index (χ4n) is 3.21. The van der Waals surface area contributed by atoms with E-state index >= 15 is 0 Å². The number of piperazine rings is 1. The van der Waals surface area contributed by atoms with Crippen LogP contribution in [0.3, 0.4) is 0 Å². The van der Waals surface area contributed by atoms with Gasteiger partial charge in [-0.25, -0.2) is 8.42 Å². The molecule has 2 aliphatic heterocycles. The van der Waals surface area contributed by atoms with Crippen LogP contribution in [-0.4, -0.2) is 80.3 Å². The van der Waals surface area contributed by atoms with Crippen molar-refractivity contribution < 1.29 is 22.4 Å². The van der Waals surface area contributed by atoms with Gasteiger partial charge in [0.05, 0.1) is 17.8 Å². The van der Waals surface area contributed by atoms with Crippen molar-refractivity contribution in [1.82, 2.24) is 15.1 Å². The Labute approximate surface area is 147 Å². The van der Waals surface area contributed by atoms with Gasteiger partial charge in [0, 0.05) is 45.2 Å². The molecule has 3 heterocycles. The molecule has 9 heteroatoms. The average Bonchev–Trinajstić information content (AvgIpc) is 3.24. The van der Waals surface area contributed by atoms with Crippen molar-refractivity contribution >= 4 is 21.7 Å². The molecule has 1 aromatic heterocycles. The van der Waals surface area contributed by atoms with E-state index in [9.17, 15) is 18.0 Å². The number of amides is 2. The molecule has 1 aromatic rings. The Hall–Kier alpha value is -1.87. The van der Waals surface area contributed by atoms with Crippen LogP contribution in [0.1, 0.15) is 23.4 Å². The van der Waals surface area contributed by atoms with Crippen LogP contribution in [0, 0.1) is 0 Å². The lowest BCUT2D eigenvalue weighted by Gasteiger charge is -2.34. The normalized spacial score (nSPS) is 23.0. The first-order valence-corrected chi connectivity index (χ1v) is 10.3. The Morgan fingerprint density at radius 1 is 1.20 bits per heavy atom. The number of carbonyl (C=O) groups is 2. The van der Waals surface area contributed by atoms with Crippen LogP contribution in [-0.2, 0) is 14.6 Å². The van der Waals surface area contributed by atoms with Gasteiger partial charge in [0.15, 0.2) is 15.6 Å². The van der Waals surface area contributed by atoms with Gasteiger partial charge in [0.25, 0.3) is 5.91 Å². The summed E-state index contributed by atoms with van der Waals surface area (Å²) in [6, 6.07) is 3.27. The third kappa shape index (κ3) is 4.60. The molecule has 1 atom stereocenters. The molecule has 2 fully saturated rings. The zero-order valence-electron chi connectivity index (χ0n) is 14.0. The van der Waals surface area contributed by atoms with E-state index in [2.05, 4.69) is 5.32 Å². The molecule has 3 rings (SSSR count). The highest BCUT2D eigenvalue weighted by Crippen LogP contribution is 2.12. The lowest BCUT2D eigenvalue weighted by atomic mass is 10.2. The van der Waals surface area contributed by atoms with E-state index in [4.69, 9.17) is 4.42 Å². The molecule has 1 unspecified atom stereocenters. The predicted molar refractivity (Wildman–Crippen MR) is 90.9 cm³/mol. The number of hydrogen-bond donors (Lipinski definition) is 1. The summed E-state index contributed by atoms with van der Waals surface area (Å²) in [4.78, 5) is 27.9. The van der Waals surface area contributed by atoms with Gasteiger partial charge in [0.1, 0.15) is 0 Å². The van der Waals surface area contributed by atoms with Gasteiger partial charge in [-0.15, -0.1) is 0 Å². The highest BCUT2D eigenvalue weighted by Gasteiger charge is 2.28. The molecule has 138 valence electrons. The third-order valence-electron chi connectivity index (χ3n) is 4.66. The fourth-order valence-corrected chi connectivity index (χ4v) is 4.92. The SMILES string of the molecule is O=C(CCNC1CCS(=O)(=O)C1)N1CCN(C(=O)c2ccco2)CC1. The van der Waals surface area contributed by atoms with Gasteiger partial charge in [-0.05, 0) is 18.6 Å². The second-order valence-electron chi connectivity index (χ2n) is 6.45. The van der Waals surface area contributed by atoms with Crippen LogP contribution in [0.5, 0.6) is 0 Å². The summed E-state index contributed by atoms with van der Waals surface area (Å²) < 4.78 is 27.9. The molecule has 0 saturated carbocycles. The largest absolute Gasteiger partial charge is 0.459 e. The molecule has 0 aliphatic carbocycles. The first-order chi connectivity index (χ1) is 11.9. The Bertz CT molecular complexity index is 708. The average molecular weight is 369 g/mol. The number of carbonyl (C=O) groups excluding carboxylic acids is 2. The first-order valence-electron chi connectivity index (χ1n) is 8.49. The molecule has 0 aromatic carbocycles. The minimum Gasteiger partial charge on any atom is -0.459 e. The number of furan rings is 1. The lowest BCUT2D eigenvalue weighted by molar-refractivity contribution is -0.132. The zero-order chi connectivity index (χ0) is 17.9. The number of rotatable bonds is 5. The van der Waals surface area contributed by atoms with Gasteiger partial charge in [0.2, 0.25) is 5.91 Å². The summed E-state index contributed by atoms with van der Waals surface area (Å²) in [6.45, 7) is 2.45. The molecule has 1 N–H and O–H groups in total. The van der Waals surface area contributed by atoms with Crippen molar-refractivity contribution in [3.8, 4) is 0 Å². The van der Waals surface area contributed by atoms with Crippen LogP contribution < -0.4 is 5.32 Å². The predicted octanol–water partition coefficient (Wildman–Crippen LogP) is -0.269. The molecule has 0 spiro atoms. The summed E-state index contributed by atoms with van der Waals surface area (Å²) in [5, 5.41) is 3.15. The van der Waals surface area contributed by atoms with Crippen molar-refractivity contribution in [2.75, 3.05) is 44.2 Å². The number of nitrogens with one attached hydrogen (secondary N) is 1. The molecular formula is C16H23N3O5S. The minimum atomic E-state index is -2.90. The van der Waals surface area contributed by atoms with E-state index in [1.54, 1.807) is 21.9 Å². The second-order valence-corrected chi connectivity index (χ2v) is 8.68. The van der Waals surface area contributed by atoms with Gasteiger partial charge in [-0.1, -0.05) is 0 Å². The molecule has 2 saturated heterocycles. The van der Waals surface area contributed by atoms with Gasteiger partial charge >= 0.3 is 0 Å².